The Bertz CT molecular complexity index is 298. The molecule has 0 saturated heterocycles. The molecule has 1 aromatic heterocycles. The number of hydrogen-bond donors (Lipinski definition) is 1. The number of nitrogens with one attached hydrogen (secondary N) is 1. The van der Waals surface area contributed by atoms with E-state index in [9.17, 15) is 0 Å². The van der Waals surface area contributed by atoms with Crippen LogP contribution < -0.4 is 10.1 Å². The number of alkyl halides is 1. The van der Waals surface area contributed by atoms with Crippen molar-refractivity contribution >= 4 is 17.4 Å². The lowest BCUT2D eigenvalue weighted by atomic mass is 10.4. The van der Waals surface area contributed by atoms with Crippen LogP contribution >= 0.6 is 11.6 Å². The lowest BCUT2D eigenvalue weighted by molar-refractivity contribution is 0.200. The fourth-order valence-electron chi connectivity index (χ4n) is 0.987. The summed E-state index contributed by atoms with van der Waals surface area (Å²) in [5.41, 5.74) is 0. The molecule has 1 rings (SSSR count). The van der Waals surface area contributed by atoms with Gasteiger partial charge in [-0.1, -0.05) is 0 Å². The van der Waals surface area contributed by atoms with Gasteiger partial charge in [0.1, 0.15) is 5.82 Å². The van der Waals surface area contributed by atoms with Gasteiger partial charge in [-0.25, -0.2) is 0 Å². The fraction of sp³-hybridized carbons (Fsp3) is 0.556. The van der Waals surface area contributed by atoms with Crippen molar-refractivity contribution in [3.8, 4) is 5.88 Å². The molecule has 0 amide bonds. The zero-order valence-corrected chi connectivity index (χ0v) is 9.49. The van der Waals surface area contributed by atoms with Crippen LogP contribution in [-0.4, -0.2) is 42.7 Å². The monoisotopic (exact) mass is 231 g/mol. The highest BCUT2D eigenvalue weighted by Crippen LogP contribution is 2.08. The second kappa shape index (κ2) is 6.42. The Balaban J connectivity index is 2.43. The van der Waals surface area contributed by atoms with Crippen molar-refractivity contribution in [1.82, 2.24) is 9.97 Å². The van der Waals surface area contributed by atoms with Crippen molar-refractivity contribution < 1.29 is 9.47 Å². The highest BCUT2D eigenvalue weighted by atomic mass is 35.5. The normalized spacial score (nSPS) is 12.2. The zero-order chi connectivity index (χ0) is 11.1. The third kappa shape index (κ3) is 4.31. The Hall–Kier alpha value is -1.07. The van der Waals surface area contributed by atoms with Crippen LogP contribution in [0.4, 0.5) is 5.82 Å². The minimum Gasteiger partial charge on any atom is -0.480 e. The number of ether oxygens (including phenoxy) is 2. The van der Waals surface area contributed by atoms with E-state index in [-0.39, 0.29) is 5.38 Å². The molecule has 5 nitrogen and oxygen atoms in total. The largest absolute Gasteiger partial charge is 0.480 e. The molecule has 0 saturated carbocycles. The van der Waals surface area contributed by atoms with E-state index in [1.807, 2.05) is 0 Å². The fourth-order valence-corrected chi connectivity index (χ4v) is 1.19. The first kappa shape index (κ1) is 12.0. The quantitative estimate of drug-likeness (QED) is 0.745. The van der Waals surface area contributed by atoms with Crippen LogP contribution in [0, 0.1) is 0 Å². The van der Waals surface area contributed by atoms with Gasteiger partial charge in [0.2, 0.25) is 5.88 Å². The van der Waals surface area contributed by atoms with Gasteiger partial charge in [0.25, 0.3) is 0 Å². The third-order valence-electron chi connectivity index (χ3n) is 1.67. The van der Waals surface area contributed by atoms with Crippen LogP contribution in [0.25, 0.3) is 0 Å². The summed E-state index contributed by atoms with van der Waals surface area (Å²) in [7, 11) is 3.16. The maximum absolute atomic E-state index is 5.94. The number of aromatic nitrogens is 2. The molecule has 1 unspecified atom stereocenters. The van der Waals surface area contributed by atoms with Gasteiger partial charge in [0.15, 0.2) is 0 Å². The molecule has 1 atom stereocenters. The molecule has 1 N–H and O–H groups in total. The van der Waals surface area contributed by atoms with E-state index in [4.69, 9.17) is 21.1 Å². The summed E-state index contributed by atoms with van der Waals surface area (Å²) < 4.78 is 9.84. The minimum absolute atomic E-state index is 0.0944. The number of rotatable bonds is 6. The molecule has 0 aliphatic carbocycles. The highest BCUT2D eigenvalue weighted by molar-refractivity contribution is 6.21. The average molecular weight is 232 g/mol. The molecule has 1 heterocycles. The Morgan fingerprint density at radius 2 is 2.27 bits per heavy atom. The molecule has 0 aromatic carbocycles. The number of hydrogen-bond acceptors (Lipinski definition) is 5. The SMILES string of the molecule is COCC(Cl)CNc1cncc(OC)n1. The van der Waals surface area contributed by atoms with Gasteiger partial charge >= 0.3 is 0 Å². The van der Waals surface area contributed by atoms with Crippen LogP contribution in [0.5, 0.6) is 5.88 Å². The second-order valence-corrected chi connectivity index (χ2v) is 3.50. The summed E-state index contributed by atoms with van der Waals surface area (Å²) in [5.74, 6) is 1.11. The van der Waals surface area contributed by atoms with E-state index in [1.165, 1.54) is 0 Å². The molecule has 0 radical (unpaired) electrons. The predicted molar refractivity (Wildman–Crippen MR) is 58.6 cm³/mol. The summed E-state index contributed by atoms with van der Waals surface area (Å²) in [4.78, 5) is 8.08. The van der Waals surface area contributed by atoms with Crippen molar-refractivity contribution in [1.29, 1.82) is 0 Å². The van der Waals surface area contributed by atoms with Crippen molar-refractivity contribution in [3.05, 3.63) is 12.4 Å². The van der Waals surface area contributed by atoms with E-state index in [1.54, 1.807) is 26.6 Å². The first-order chi connectivity index (χ1) is 7.26. The van der Waals surface area contributed by atoms with Crippen LogP contribution in [0.1, 0.15) is 0 Å². The summed E-state index contributed by atoms with van der Waals surface area (Å²) in [6.45, 7) is 1.06. The lowest BCUT2D eigenvalue weighted by Crippen LogP contribution is -2.19. The topological polar surface area (TPSA) is 56.3 Å². The highest BCUT2D eigenvalue weighted by Gasteiger charge is 2.04. The summed E-state index contributed by atoms with van der Waals surface area (Å²) >= 11 is 5.94. The van der Waals surface area contributed by atoms with Gasteiger partial charge in [-0.05, 0) is 0 Å². The van der Waals surface area contributed by atoms with Crippen LogP contribution in [0.2, 0.25) is 0 Å². The molecular formula is C9H14ClN3O2. The second-order valence-electron chi connectivity index (χ2n) is 2.88. The number of anilines is 1. The van der Waals surface area contributed by atoms with E-state index in [2.05, 4.69) is 15.3 Å². The Labute approximate surface area is 93.8 Å². The molecule has 0 aliphatic heterocycles. The van der Waals surface area contributed by atoms with Gasteiger partial charge < -0.3 is 14.8 Å². The Morgan fingerprint density at radius 3 is 2.93 bits per heavy atom. The summed E-state index contributed by atoms with van der Waals surface area (Å²) in [6, 6.07) is 0. The van der Waals surface area contributed by atoms with Gasteiger partial charge in [0.05, 0.1) is 31.5 Å². The molecule has 0 bridgehead atoms. The molecule has 0 aliphatic rings. The predicted octanol–water partition coefficient (Wildman–Crippen LogP) is 1.15. The molecule has 84 valence electrons. The Morgan fingerprint density at radius 1 is 1.47 bits per heavy atom. The van der Waals surface area contributed by atoms with E-state index >= 15 is 0 Å². The molecule has 6 heteroatoms. The molecule has 0 fully saturated rings. The molecule has 15 heavy (non-hydrogen) atoms. The van der Waals surface area contributed by atoms with Gasteiger partial charge in [0, 0.05) is 13.7 Å². The smallest absolute Gasteiger partial charge is 0.233 e. The maximum atomic E-state index is 5.94. The maximum Gasteiger partial charge on any atom is 0.233 e. The standard InChI is InChI=1S/C9H14ClN3O2/c1-14-6-7(10)3-12-8-4-11-5-9(13-8)15-2/h4-5,7H,3,6H2,1-2H3,(H,12,13). The van der Waals surface area contributed by atoms with Crippen LogP contribution in [0.15, 0.2) is 12.4 Å². The Kier molecular flexibility index (Phi) is 5.14. The number of nitrogens with zero attached hydrogens (tertiary/aromatic N) is 2. The van der Waals surface area contributed by atoms with Gasteiger partial charge in [-0.15, -0.1) is 11.6 Å². The van der Waals surface area contributed by atoms with Gasteiger partial charge in [-0.2, -0.15) is 4.98 Å². The first-order valence-electron chi connectivity index (χ1n) is 4.49. The minimum atomic E-state index is -0.0944. The van der Waals surface area contributed by atoms with Crippen molar-refractivity contribution in [3.63, 3.8) is 0 Å². The van der Waals surface area contributed by atoms with Gasteiger partial charge in [-0.3, -0.25) is 4.98 Å². The van der Waals surface area contributed by atoms with E-state index in [0.717, 1.165) is 0 Å². The zero-order valence-electron chi connectivity index (χ0n) is 8.74. The first-order valence-corrected chi connectivity index (χ1v) is 4.92. The average Bonchev–Trinajstić information content (AvgIpc) is 2.27. The molecule has 0 spiro atoms. The van der Waals surface area contributed by atoms with E-state index in [0.29, 0.717) is 24.8 Å². The number of methoxy groups -OCH3 is 2. The number of halogens is 1. The summed E-state index contributed by atoms with van der Waals surface area (Å²) in [5, 5.41) is 2.94. The lowest BCUT2D eigenvalue weighted by Gasteiger charge is -2.10. The third-order valence-corrected chi connectivity index (χ3v) is 1.95. The van der Waals surface area contributed by atoms with Crippen molar-refractivity contribution in [2.24, 2.45) is 0 Å². The summed E-state index contributed by atoms with van der Waals surface area (Å²) in [6.07, 6.45) is 3.15. The van der Waals surface area contributed by atoms with Crippen molar-refractivity contribution in [2.75, 3.05) is 32.7 Å². The van der Waals surface area contributed by atoms with Crippen LogP contribution in [0.3, 0.4) is 0 Å². The van der Waals surface area contributed by atoms with Crippen molar-refractivity contribution in [2.45, 2.75) is 5.38 Å². The molecule has 1 aromatic rings. The van der Waals surface area contributed by atoms with E-state index < -0.39 is 0 Å². The molecular weight excluding hydrogens is 218 g/mol. The van der Waals surface area contributed by atoms with Crippen LogP contribution in [-0.2, 0) is 4.74 Å².